The smallest absolute Gasteiger partial charge is 0.246 e. The van der Waals surface area contributed by atoms with Gasteiger partial charge in [-0.25, -0.2) is 12.8 Å². The highest BCUT2D eigenvalue weighted by atomic mass is 32.2. The topological polar surface area (TPSA) is 70.5 Å². The van der Waals surface area contributed by atoms with E-state index in [0.29, 0.717) is 5.56 Å². The summed E-state index contributed by atoms with van der Waals surface area (Å²) in [5, 5.41) is 9.05. The number of aliphatic hydroxyl groups excluding tert-OH is 1. The minimum absolute atomic E-state index is 0.105. The van der Waals surface area contributed by atoms with Crippen LogP contribution in [0.25, 0.3) is 0 Å². The lowest BCUT2D eigenvalue weighted by Crippen LogP contribution is -2.27. The third-order valence-corrected chi connectivity index (χ3v) is 4.84. The molecule has 0 spiro atoms. The number of hydrogen-bond donors (Lipinski definition) is 1. The predicted molar refractivity (Wildman–Crippen MR) is 75.2 cm³/mol. The molecule has 0 fully saturated rings. The summed E-state index contributed by atoms with van der Waals surface area (Å²) in [7, 11) is -2.60. The van der Waals surface area contributed by atoms with E-state index >= 15 is 0 Å². The average molecular weight is 310 g/mol. The summed E-state index contributed by atoms with van der Waals surface area (Å²) in [5.41, 5.74) is 1.09. The Bertz CT molecular complexity index is 720. The SMILES string of the molecule is CN(Cc1ccncc1)S(=O)(=O)c1cc(CO)ccc1F. The second kappa shape index (κ2) is 6.30. The van der Waals surface area contributed by atoms with Crippen molar-refractivity contribution in [2.24, 2.45) is 0 Å². The number of halogens is 1. The van der Waals surface area contributed by atoms with Crippen LogP contribution in [0.15, 0.2) is 47.6 Å². The van der Waals surface area contributed by atoms with E-state index in [4.69, 9.17) is 5.11 Å². The van der Waals surface area contributed by atoms with E-state index in [0.717, 1.165) is 22.0 Å². The van der Waals surface area contributed by atoms with Gasteiger partial charge < -0.3 is 5.11 Å². The van der Waals surface area contributed by atoms with E-state index in [9.17, 15) is 12.8 Å². The predicted octanol–water partition coefficient (Wildman–Crippen LogP) is 1.53. The van der Waals surface area contributed by atoms with Crippen molar-refractivity contribution >= 4 is 10.0 Å². The lowest BCUT2D eigenvalue weighted by Gasteiger charge is -2.18. The van der Waals surface area contributed by atoms with Gasteiger partial charge >= 0.3 is 0 Å². The third kappa shape index (κ3) is 3.44. The molecule has 0 amide bonds. The number of pyridine rings is 1. The van der Waals surface area contributed by atoms with Gasteiger partial charge in [-0.05, 0) is 35.4 Å². The zero-order chi connectivity index (χ0) is 15.5. The third-order valence-electron chi connectivity index (χ3n) is 3.02. The van der Waals surface area contributed by atoms with Crippen molar-refractivity contribution in [3.05, 3.63) is 59.7 Å². The second-order valence-corrected chi connectivity index (χ2v) is 6.55. The first-order chi connectivity index (χ1) is 9.95. The number of benzene rings is 1. The fourth-order valence-electron chi connectivity index (χ4n) is 1.84. The van der Waals surface area contributed by atoms with Crippen molar-refractivity contribution in [3.8, 4) is 0 Å². The molecule has 0 radical (unpaired) electrons. The highest BCUT2D eigenvalue weighted by Gasteiger charge is 2.24. The van der Waals surface area contributed by atoms with E-state index in [1.165, 1.54) is 13.1 Å². The lowest BCUT2D eigenvalue weighted by atomic mass is 10.2. The van der Waals surface area contributed by atoms with Crippen molar-refractivity contribution < 1.29 is 17.9 Å². The Balaban J connectivity index is 2.33. The quantitative estimate of drug-likeness (QED) is 0.909. The summed E-state index contributed by atoms with van der Waals surface area (Å²) < 4.78 is 39.7. The van der Waals surface area contributed by atoms with Crippen molar-refractivity contribution in [2.45, 2.75) is 18.0 Å². The van der Waals surface area contributed by atoms with Crippen LogP contribution >= 0.6 is 0 Å². The highest BCUT2D eigenvalue weighted by Crippen LogP contribution is 2.21. The molecular formula is C14H15FN2O3S. The Hall–Kier alpha value is -1.83. The van der Waals surface area contributed by atoms with E-state index < -0.39 is 20.7 Å². The average Bonchev–Trinajstić information content (AvgIpc) is 2.48. The molecule has 0 saturated heterocycles. The van der Waals surface area contributed by atoms with Crippen molar-refractivity contribution in [2.75, 3.05) is 7.05 Å². The highest BCUT2D eigenvalue weighted by molar-refractivity contribution is 7.89. The van der Waals surface area contributed by atoms with Crippen LogP contribution in [-0.2, 0) is 23.2 Å². The summed E-state index contributed by atoms with van der Waals surface area (Å²) in [6.45, 7) is -0.246. The summed E-state index contributed by atoms with van der Waals surface area (Å²) in [4.78, 5) is 3.41. The Morgan fingerprint density at radius 2 is 1.86 bits per heavy atom. The molecule has 0 saturated carbocycles. The van der Waals surface area contributed by atoms with Crippen LogP contribution in [0.5, 0.6) is 0 Å². The van der Waals surface area contributed by atoms with Crippen LogP contribution in [0, 0.1) is 5.82 Å². The number of rotatable bonds is 5. The van der Waals surface area contributed by atoms with Gasteiger partial charge in [-0.3, -0.25) is 4.98 Å². The molecule has 7 heteroatoms. The van der Waals surface area contributed by atoms with E-state index in [2.05, 4.69) is 4.98 Å². The van der Waals surface area contributed by atoms with E-state index in [1.54, 1.807) is 24.5 Å². The molecule has 0 aliphatic carbocycles. The second-order valence-electron chi connectivity index (χ2n) is 4.54. The fourth-order valence-corrected chi connectivity index (χ4v) is 3.11. The maximum atomic E-state index is 13.8. The Morgan fingerprint density at radius 1 is 1.19 bits per heavy atom. The minimum atomic E-state index is -3.97. The number of aliphatic hydroxyl groups is 1. The number of nitrogens with zero attached hydrogens (tertiary/aromatic N) is 2. The van der Waals surface area contributed by atoms with Crippen LogP contribution in [-0.4, -0.2) is 29.9 Å². The normalized spacial score (nSPS) is 11.8. The van der Waals surface area contributed by atoms with Gasteiger partial charge in [0.2, 0.25) is 10.0 Å². The Morgan fingerprint density at radius 3 is 2.48 bits per heavy atom. The number of aromatic nitrogens is 1. The molecule has 5 nitrogen and oxygen atoms in total. The van der Waals surface area contributed by atoms with Gasteiger partial charge in [-0.1, -0.05) is 6.07 Å². The van der Waals surface area contributed by atoms with Gasteiger partial charge in [-0.15, -0.1) is 0 Å². The number of sulfonamides is 1. The van der Waals surface area contributed by atoms with Crippen LogP contribution in [0.3, 0.4) is 0 Å². The lowest BCUT2D eigenvalue weighted by molar-refractivity contribution is 0.281. The zero-order valence-electron chi connectivity index (χ0n) is 11.4. The minimum Gasteiger partial charge on any atom is -0.392 e. The van der Waals surface area contributed by atoms with Crippen molar-refractivity contribution in [1.82, 2.24) is 9.29 Å². The van der Waals surface area contributed by atoms with Gasteiger partial charge in [0, 0.05) is 26.0 Å². The molecule has 2 rings (SSSR count). The van der Waals surface area contributed by atoms with Gasteiger partial charge in [0.15, 0.2) is 0 Å². The van der Waals surface area contributed by atoms with Crippen LogP contribution in [0.2, 0.25) is 0 Å². The first-order valence-corrected chi connectivity index (χ1v) is 7.63. The van der Waals surface area contributed by atoms with Gasteiger partial charge in [0.05, 0.1) is 6.61 Å². The Kier molecular flexibility index (Phi) is 4.66. The van der Waals surface area contributed by atoms with Crippen LogP contribution in [0.1, 0.15) is 11.1 Å². The largest absolute Gasteiger partial charge is 0.392 e. The maximum absolute atomic E-state index is 13.8. The first-order valence-electron chi connectivity index (χ1n) is 6.19. The molecule has 1 heterocycles. The zero-order valence-corrected chi connectivity index (χ0v) is 12.2. The molecular weight excluding hydrogens is 295 g/mol. The molecule has 0 unspecified atom stereocenters. The first kappa shape index (κ1) is 15.6. The summed E-state index contributed by atoms with van der Waals surface area (Å²) in [6, 6.07) is 6.91. The van der Waals surface area contributed by atoms with Gasteiger partial charge in [-0.2, -0.15) is 4.31 Å². The maximum Gasteiger partial charge on any atom is 0.246 e. The summed E-state index contributed by atoms with van der Waals surface area (Å²) in [5.74, 6) is -0.839. The number of hydrogen-bond acceptors (Lipinski definition) is 4. The monoisotopic (exact) mass is 310 g/mol. The van der Waals surface area contributed by atoms with E-state index in [-0.39, 0.29) is 13.2 Å². The fraction of sp³-hybridized carbons (Fsp3) is 0.214. The molecule has 1 N–H and O–H groups in total. The molecule has 112 valence electrons. The van der Waals surface area contributed by atoms with Gasteiger partial charge in [0.25, 0.3) is 0 Å². The molecule has 0 aliphatic rings. The molecule has 2 aromatic rings. The standard InChI is InChI=1S/C14H15FN2O3S/c1-17(9-11-4-6-16-7-5-11)21(19,20)14-8-12(10-18)2-3-13(14)15/h2-8,18H,9-10H2,1H3. The van der Waals surface area contributed by atoms with Gasteiger partial charge in [0.1, 0.15) is 10.7 Å². The molecule has 0 bridgehead atoms. The van der Waals surface area contributed by atoms with Crippen molar-refractivity contribution in [3.63, 3.8) is 0 Å². The molecule has 21 heavy (non-hydrogen) atoms. The summed E-state index contributed by atoms with van der Waals surface area (Å²) in [6.07, 6.45) is 3.12. The molecule has 0 atom stereocenters. The van der Waals surface area contributed by atoms with Crippen molar-refractivity contribution in [1.29, 1.82) is 0 Å². The molecule has 1 aromatic heterocycles. The molecule has 1 aromatic carbocycles. The Labute approximate surface area is 122 Å². The van der Waals surface area contributed by atoms with E-state index in [1.807, 2.05) is 0 Å². The van der Waals surface area contributed by atoms with Crippen LogP contribution < -0.4 is 0 Å². The van der Waals surface area contributed by atoms with Crippen LogP contribution in [0.4, 0.5) is 4.39 Å². The summed E-state index contributed by atoms with van der Waals surface area (Å²) >= 11 is 0. The molecule has 0 aliphatic heterocycles.